The van der Waals surface area contributed by atoms with Crippen LogP contribution in [0.25, 0.3) is 0 Å². The third-order valence-electron chi connectivity index (χ3n) is 3.65. The minimum Gasteiger partial charge on any atom is -0.481 e. The van der Waals surface area contributed by atoms with Crippen LogP contribution in [0, 0.1) is 11.8 Å². The second-order valence-electron chi connectivity index (χ2n) is 5.31. The Morgan fingerprint density at radius 1 is 1.58 bits per heavy atom. The Balaban J connectivity index is 2.39. The maximum Gasteiger partial charge on any atom is 0.303 e. The third kappa shape index (κ3) is 5.87. The fourth-order valence-corrected chi connectivity index (χ4v) is 2.59. The minimum atomic E-state index is -0.742. The van der Waals surface area contributed by atoms with Crippen LogP contribution in [0.5, 0.6) is 0 Å². The predicted octanol–water partition coefficient (Wildman–Crippen LogP) is 1.11. The largest absolute Gasteiger partial charge is 0.481 e. The molecule has 0 aromatic carbocycles. The highest BCUT2D eigenvalue weighted by molar-refractivity contribution is 5.78. The molecule has 0 saturated carbocycles. The first-order chi connectivity index (χ1) is 9.02. The van der Waals surface area contributed by atoms with E-state index in [1.165, 1.54) is 0 Å². The van der Waals surface area contributed by atoms with Crippen LogP contribution >= 0.6 is 0 Å². The third-order valence-corrected chi connectivity index (χ3v) is 3.65. The normalized spacial score (nSPS) is 21.6. The van der Waals surface area contributed by atoms with Gasteiger partial charge in [-0.1, -0.05) is 13.0 Å². The van der Waals surface area contributed by atoms with Crippen LogP contribution in [-0.2, 0) is 9.59 Å². The number of nitrogens with zero attached hydrogens (tertiary/aromatic N) is 1. The molecule has 0 spiro atoms. The molecule has 108 valence electrons. The Morgan fingerprint density at radius 3 is 2.95 bits per heavy atom. The lowest BCUT2D eigenvalue weighted by Gasteiger charge is -2.35. The Labute approximate surface area is 114 Å². The number of carboxylic acid groups (broad SMARTS) is 1. The van der Waals surface area contributed by atoms with Gasteiger partial charge in [0.25, 0.3) is 0 Å². The van der Waals surface area contributed by atoms with Crippen molar-refractivity contribution in [3.8, 4) is 0 Å². The van der Waals surface area contributed by atoms with Crippen LogP contribution in [-0.4, -0.2) is 48.1 Å². The molecule has 0 bridgehead atoms. The number of rotatable bonds is 7. The first-order valence-corrected chi connectivity index (χ1v) is 6.84. The van der Waals surface area contributed by atoms with E-state index in [1.54, 1.807) is 6.08 Å². The van der Waals surface area contributed by atoms with Gasteiger partial charge in [-0.15, -0.1) is 6.58 Å². The number of piperidine rings is 1. The molecule has 0 aromatic heterocycles. The second kappa shape index (κ2) is 7.94. The van der Waals surface area contributed by atoms with Gasteiger partial charge < -0.3 is 10.4 Å². The summed E-state index contributed by atoms with van der Waals surface area (Å²) < 4.78 is 0. The van der Waals surface area contributed by atoms with Gasteiger partial charge in [0, 0.05) is 19.5 Å². The topological polar surface area (TPSA) is 69.6 Å². The summed E-state index contributed by atoms with van der Waals surface area (Å²) in [6, 6.07) is 0. The molecule has 1 aliphatic heterocycles. The molecule has 1 aliphatic rings. The summed E-state index contributed by atoms with van der Waals surface area (Å²) in [5.74, 6) is -0.201. The van der Waals surface area contributed by atoms with Gasteiger partial charge in [-0.05, 0) is 31.2 Å². The molecule has 0 radical (unpaired) electrons. The van der Waals surface area contributed by atoms with E-state index in [9.17, 15) is 9.59 Å². The first-order valence-electron chi connectivity index (χ1n) is 6.84. The van der Waals surface area contributed by atoms with Gasteiger partial charge in [0.05, 0.1) is 6.54 Å². The van der Waals surface area contributed by atoms with E-state index < -0.39 is 5.97 Å². The Kier molecular flexibility index (Phi) is 6.56. The van der Waals surface area contributed by atoms with E-state index in [-0.39, 0.29) is 18.2 Å². The molecule has 19 heavy (non-hydrogen) atoms. The van der Waals surface area contributed by atoms with Gasteiger partial charge in [0.1, 0.15) is 0 Å². The number of aliphatic carboxylic acids is 1. The molecule has 1 fully saturated rings. The van der Waals surface area contributed by atoms with Crippen molar-refractivity contribution in [2.75, 3.05) is 26.2 Å². The summed E-state index contributed by atoms with van der Waals surface area (Å²) in [4.78, 5) is 24.5. The van der Waals surface area contributed by atoms with Crippen molar-refractivity contribution in [2.45, 2.75) is 26.2 Å². The second-order valence-corrected chi connectivity index (χ2v) is 5.31. The molecule has 1 heterocycles. The van der Waals surface area contributed by atoms with Gasteiger partial charge in [0.15, 0.2) is 0 Å². The lowest BCUT2D eigenvalue weighted by molar-refractivity contribution is -0.138. The smallest absolute Gasteiger partial charge is 0.303 e. The molecule has 0 aliphatic carbocycles. The van der Waals surface area contributed by atoms with Gasteiger partial charge in [-0.2, -0.15) is 0 Å². The van der Waals surface area contributed by atoms with Crippen LogP contribution in [0.15, 0.2) is 12.7 Å². The molecule has 5 heteroatoms. The fourth-order valence-electron chi connectivity index (χ4n) is 2.59. The number of nitrogens with one attached hydrogen (secondary N) is 1. The van der Waals surface area contributed by atoms with Crippen molar-refractivity contribution in [1.29, 1.82) is 0 Å². The summed E-state index contributed by atoms with van der Waals surface area (Å²) in [5, 5.41) is 11.6. The number of likely N-dealkylation sites (tertiary alicyclic amines) is 1. The van der Waals surface area contributed by atoms with E-state index in [4.69, 9.17) is 5.11 Å². The van der Waals surface area contributed by atoms with Crippen molar-refractivity contribution in [2.24, 2.45) is 11.8 Å². The monoisotopic (exact) mass is 268 g/mol. The summed E-state index contributed by atoms with van der Waals surface area (Å²) >= 11 is 0. The molecule has 2 unspecified atom stereocenters. The molecule has 2 atom stereocenters. The highest BCUT2D eigenvalue weighted by Gasteiger charge is 2.26. The van der Waals surface area contributed by atoms with Crippen molar-refractivity contribution in [3.05, 3.63) is 12.7 Å². The Bertz CT molecular complexity index is 331. The van der Waals surface area contributed by atoms with Crippen molar-refractivity contribution in [3.63, 3.8) is 0 Å². The minimum absolute atomic E-state index is 0.00596. The number of carbonyl (C=O) groups excluding carboxylic acids is 1. The maximum atomic E-state index is 11.6. The molecular formula is C14H24N2O3. The number of carboxylic acids is 1. The van der Waals surface area contributed by atoms with Crippen LogP contribution in [0.1, 0.15) is 26.2 Å². The van der Waals surface area contributed by atoms with E-state index in [0.29, 0.717) is 19.0 Å². The van der Waals surface area contributed by atoms with Crippen LogP contribution in [0.4, 0.5) is 0 Å². The fraction of sp³-hybridized carbons (Fsp3) is 0.714. The molecule has 2 N–H and O–H groups in total. The number of hydrogen-bond acceptors (Lipinski definition) is 3. The average Bonchev–Trinajstić information content (AvgIpc) is 2.36. The molecule has 1 rings (SSSR count). The summed E-state index contributed by atoms with van der Waals surface area (Å²) in [7, 11) is 0. The standard InChI is InChI=1S/C14H24N2O3/c1-3-6-15-13(17)10-16-7-4-5-12(9-16)11(2)8-14(18)19/h3,11-12H,1,4-10H2,2H3,(H,15,17)(H,18,19). The number of hydrogen-bond donors (Lipinski definition) is 2. The highest BCUT2D eigenvalue weighted by Crippen LogP contribution is 2.25. The summed E-state index contributed by atoms with van der Waals surface area (Å²) in [5.41, 5.74) is 0. The zero-order chi connectivity index (χ0) is 14.3. The molecule has 0 aromatic rings. The van der Waals surface area contributed by atoms with Crippen molar-refractivity contribution in [1.82, 2.24) is 10.2 Å². The van der Waals surface area contributed by atoms with Crippen molar-refractivity contribution >= 4 is 11.9 Å². The molecule has 1 saturated heterocycles. The van der Waals surface area contributed by atoms with Crippen LogP contribution in [0.3, 0.4) is 0 Å². The van der Waals surface area contributed by atoms with E-state index >= 15 is 0 Å². The molecule has 5 nitrogen and oxygen atoms in total. The predicted molar refractivity (Wildman–Crippen MR) is 73.8 cm³/mol. The van der Waals surface area contributed by atoms with Gasteiger partial charge in [-0.25, -0.2) is 0 Å². The van der Waals surface area contributed by atoms with E-state index in [1.807, 2.05) is 6.92 Å². The maximum absolute atomic E-state index is 11.6. The van der Waals surface area contributed by atoms with Crippen molar-refractivity contribution < 1.29 is 14.7 Å². The van der Waals surface area contributed by atoms with Crippen LogP contribution in [0.2, 0.25) is 0 Å². The highest BCUT2D eigenvalue weighted by atomic mass is 16.4. The van der Waals surface area contributed by atoms with Gasteiger partial charge in [0.2, 0.25) is 5.91 Å². The lowest BCUT2D eigenvalue weighted by Crippen LogP contribution is -2.44. The number of carbonyl (C=O) groups is 2. The molecular weight excluding hydrogens is 244 g/mol. The SMILES string of the molecule is C=CCNC(=O)CN1CCCC(C(C)CC(=O)O)C1. The summed E-state index contributed by atoms with van der Waals surface area (Å²) in [6.07, 6.45) is 3.95. The van der Waals surface area contributed by atoms with E-state index in [0.717, 1.165) is 25.9 Å². The molecule has 1 amide bonds. The lowest BCUT2D eigenvalue weighted by atomic mass is 9.84. The zero-order valence-corrected chi connectivity index (χ0v) is 11.6. The summed E-state index contributed by atoms with van der Waals surface area (Å²) in [6.45, 7) is 8.16. The Hall–Kier alpha value is -1.36. The van der Waals surface area contributed by atoms with E-state index in [2.05, 4.69) is 16.8 Å². The first kappa shape index (κ1) is 15.7. The number of amides is 1. The zero-order valence-electron chi connectivity index (χ0n) is 11.6. The van der Waals surface area contributed by atoms with Gasteiger partial charge in [-0.3, -0.25) is 14.5 Å². The van der Waals surface area contributed by atoms with Gasteiger partial charge >= 0.3 is 5.97 Å². The van der Waals surface area contributed by atoms with Crippen LogP contribution < -0.4 is 5.32 Å². The quantitative estimate of drug-likeness (QED) is 0.679. The average molecular weight is 268 g/mol. The Morgan fingerprint density at radius 2 is 2.32 bits per heavy atom.